The molecule has 0 fully saturated rings. The molecule has 1 rings (SSSR count). The lowest BCUT2D eigenvalue weighted by molar-refractivity contribution is 0.0137. The van der Waals surface area contributed by atoms with Gasteiger partial charge in [-0.25, -0.2) is 0 Å². The Labute approximate surface area is 89.5 Å². The molecule has 0 spiro atoms. The van der Waals surface area contributed by atoms with Gasteiger partial charge in [0.05, 0.1) is 5.60 Å². The Morgan fingerprint density at radius 1 is 1.57 bits per heavy atom. The van der Waals surface area contributed by atoms with Crippen LogP contribution in [0.5, 0.6) is 5.75 Å². The van der Waals surface area contributed by atoms with Gasteiger partial charge in [-0.1, -0.05) is 24.6 Å². The van der Waals surface area contributed by atoms with Crippen LogP contribution in [-0.2, 0) is 0 Å². The summed E-state index contributed by atoms with van der Waals surface area (Å²) in [7, 11) is 0. The van der Waals surface area contributed by atoms with Crippen molar-refractivity contribution in [2.75, 3.05) is 6.61 Å². The smallest absolute Gasteiger partial charge is 0.120 e. The number of hydrogen-bond donors (Lipinski definition) is 1. The van der Waals surface area contributed by atoms with E-state index >= 15 is 0 Å². The van der Waals surface area contributed by atoms with E-state index in [1.807, 2.05) is 0 Å². The van der Waals surface area contributed by atoms with Gasteiger partial charge in [-0.3, -0.25) is 0 Å². The lowest BCUT2D eigenvalue weighted by Gasteiger charge is -2.21. The molecular formula is C11H14ClO2. The predicted octanol–water partition coefficient (Wildman–Crippen LogP) is 2.69. The van der Waals surface area contributed by atoms with Gasteiger partial charge in [0.1, 0.15) is 12.4 Å². The molecule has 0 aromatic heterocycles. The SMILES string of the molecule is [CH2]CC(C)(O)COc1cccc(Cl)c1. The molecule has 0 aliphatic rings. The molecule has 1 radical (unpaired) electrons. The van der Waals surface area contributed by atoms with Crippen LogP contribution in [0.25, 0.3) is 0 Å². The van der Waals surface area contributed by atoms with E-state index in [0.717, 1.165) is 0 Å². The molecular weight excluding hydrogens is 200 g/mol. The fourth-order valence-corrected chi connectivity index (χ4v) is 1.05. The van der Waals surface area contributed by atoms with Gasteiger partial charge >= 0.3 is 0 Å². The average Bonchev–Trinajstić information content (AvgIpc) is 2.15. The molecule has 1 atom stereocenters. The van der Waals surface area contributed by atoms with Crippen LogP contribution in [0.1, 0.15) is 13.3 Å². The molecule has 1 aromatic rings. The van der Waals surface area contributed by atoms with Gasteiger partial charge in [0.2, 0.25) is 0 Å². The van der Waals surface area contributed by atoms with Gasteiger partial charge in [0, 0.05) is 5.02 Å². The summed E-state index contributed by atoms with van der Waals surface area (Å²) >= 11 is 5.77. The van der Waals surface area contributed by atoms with Crippen LogP contribution in [0, 0.1) is 6.92 Å². The van der Waals surface area contributed by atoms with Crippen molar-refractivity contribution in [2.45, 2.75) is 18.9 Å². The normalized spacial score (nSPS) is 14.9. The maximum atomic E-state index is 9.63. The van der Waals surface area contributed by atoms with E-state index in [9.17, 15) is 5.11 Å². The second kappa shape index (κ2) is 4.67. The first-order chi connectivity index (χ1) is 6.53. The van der Waals surface area contributed by atoms with Gasteiger partial charge in [0.15, 0.2) is 0 Å². The van der Waals surface area contributed by atoms with Crippen molar-refractivity contribution in [2.24, 2.45) is 0 Å². The lowest BCUT2D eigenvalue weighted by Crippen LogP contribution is -2.31. The van der Waals surface area contributed by atoms with Crippen LogP contribution in [0.4, 0.5) is 0 Å². The third kappa shape index (κ3) is 3.56. The summed E-state index contributed by atoms with van der Waals surface area (Å²) in [6.45, 7) is 5.54. The van der Waals surface area contributed by atoms with Crippen LogP contribution in [0.3, 0.4) is 0 Å². The zero-order valence-electron chi connectivity index (χ0n) is 8.16. The van der Waals surface area contributed by atoms with Crippen molar-refractivity contribution in [3.63, 3.8) is 0 Å². The second-order valence-corrected chi connectivity index (χ2v) is 3.93. The molecule has 0 aliphatic heterocycles. The summed E-state index contributed by atoms with van der Waals surface area (Å²) in [5, 5.41) is 10.3. The third-order valence-electron chi connectivity index (χ3n) is 1.88. The molecule has 14 heavy (non-hydrogen) atoms. The zero-order valence-corrected chi connectivity index (χ0v) is 8.92. The zero-order chi connectivity index (χ0) is 10.6. The highest BCUT2D eigenvalue weighted by Gasteiger charge is 2.18. The topological polar surface area (TPSA) is 29.5 Å². The van der Waals surface area contributed by atoms with E-state index in [1.54, 1.807) is 31.2 Å². The number of ether oxygens (including phenoxy) is 1. The molecule has 0 saturated heterocycles. The molecule has 3 heteroatoms. The van der Waals surface area contributed by atoms with Crippen molar-refractivity contribution in [3.8, 4) is 5.75 Å². The molecule has 1 N–H and O–H groups in total. The van der Waals surface area contributed by atoms with E-state index < -0.39 is 5.60 Å². The largest absolute Gasteiger partial charge is 0.491 e. The van der Waals surface area contributed by atoms with E-state index in [0.29, 0.717) is 17.2 Å². The fraction of sp³-hybridized carbons (Fsp3) is 0.364. The molecule has 0 heterocycles. The maximum Gasteiger partial charge on any atom is 0.120 e. The Bertz CT molecular complexity index is 297. The van der Waals surface area contributed by atoms with Crippen molar-refractivity contribution < 1.29 is 9.84 Å². The molecule has 0 saturated carbocycles. The highest BCUT2D eigenvalue weighted by atomic mass is 35.5. The number of benzene rings is 1. The first-order valence-corrected chi connectivity index (χ1v) is 4.81. The molecule has 0 amide bonds. The Morgan fingerprint density at radius 2 is 2.29 bits per heavy atom. The predicted molar refractivity (Wildman–Crippen MR) is 57.5 cm³/mol. The van der Waals surface area contributed by atoms with Crippen LogP contribution in [0.15, 0.2) is 24.3 Å². The van der Waals surface area contributed by atoms with Crippen molar-refractivity contribution in [1.29, 1.82) is 0 Å². The highest BCUT2D eigenvalue weighted by molar-refractivity contribution is 6.30. The van der Waals surface area contributed by atoms with Gasteiger partial charge in [0.25, 0.3) is 0 Å². The Kier molecular flexibility index (Phi) is 3.78. The van der Waals surface area contributed by atoms with E-state index in [4.69, 9.17) is 16.3 Å². The van der Waals surface area contributed by atoms with Gasteiger partial charge < -0.3 is 9.84 Å². The summed E-state index contributed by atoms with van der Waals surface area (Å²) in [5.74, 6) is 0.659. The van der Waals surface area contributed by atoms with Crippen LogP contribution >= 0.6 is 11.6 Å². The van der Waals surface area contributed by atoms with E-state index in [1.165, 1.54) is 0 Å². The number of rotatable bonds is 4. The quantitative estimate of drug-likeness (QED) is 0.834. The third-order valence-corrected chi connectivity index (χ3v) is 2.12. The Hall–Kier alpha value is -0.730. The Balaban J connectivity index is 2.54. The molecule has 0 bridgehead atoms. The summed E-state index contributed by atoms with van der Waals surface area (Å²) < 4.78 is 5.37. The fourth-order valence-electron chi connectivity index (χ4n) is 0.868. The number of halogens is 1. The summed E-state index contributed by atoms with van der Waals surface area (Å²) in [6, 6.07) is 7.08. The molecule has 2 nitrogen and oxygen atoms in total. The average molecular weight is 214 g/mol. The minimum Gasteiger partial charge on any atom is -0.491 e. The molecule has 0 aliphatic carbocycles. The van der Waals surface area contributed by atoms with Crippen LogP contribution in [-0.4, -0.2) is 17.3 Å². The summed E-state index contributed by atoms with van der Waals surface area (Å²) in [4.78, 5) is 0. The van der Waals surface area contributed by atoms with Gasteiger partial charge in [-0.15, -0.1) is 0 Å². The van der Waals surface area contributed by atoms with E-state index in [-0.39, 0.29) is 6.61 Å². The van der Waals surface area contributed by atoms with Crippen molar-refractivity contribution in [3.05, 3.63) is 36.2 Å². The molecule has 77 valence electrons. The van der Waals surface area contributed by atoms with Crippen LogP contribution in [0.2, 0.25) is 5.02 Å². The van der Waals surface area contributed by atoms with Crippen molar-refractivity contribution in [1.82, 2.24) is 0 Å². The monoisotopic (exact) mass is 213 g/mol. The number of aliphatic hydroxyl groups is 1. The highest BCUT2D eigenvalue weighted by Crippen LogP contribution is 2.19. The summed E-state index contributed by atoms with van der Waals surface area (Å²) in [5.41, 5.74) is -0.887. The first-order valence-electron chi connectivity index (χ1n) is 4.43. The second-order valence-electron chi connectivity index (χ2n) is 3.49. The van der Waals surface area contributed by atoms with E-state index in [2.05, 4.69) is 6.92 Å². The van der Waals surface area contributed by atoms with Gasteiger partial charge in [-0.05, 0) is 31.5 Å². The summed E-state index contributed by atoms with van der Waals surface area (Å²) in [6.07, 6.45) is 0.410. The minimum absolute atomic E-state index is 0.219. The van der Waals surface area contributed by atoms with Crippen molar-refractivity contribution >= 4 is 11.6 Å². The minimum atomic E-state index is -0.887. The van der Waals surface area contributed by atoms with Gasteiger partial charge in [-0.2, -0.15) is 0 Å². The standard InChI is InChI=1S/C11H14ClO2/c1-3-11(2,13)8-14-10-6-4-5-9(12)7-10/h4-7,13H,1,3,8H2,2H3. The molecule has 1 unspecified atom stereocenters. The Morgan fingerprint density at radius 3 is 2.86 bits per heavy atom. The maximum absolute atomic E-state index is 9.63. The number of hydrogen-bond acceptors (Lipinski definition) is 2. The lowest BCUT2D eigenvalue weighted by atomic mass is 10.1. The first kappa shape index (κ1) is 11.3. The molecule has 1 aromatic carbocycles. The van der Waals surface area contributed by atoms with Crippen LogP contribution < -0.4 is 4.74 Å².